The van der Waals surface area contributed by atoms with Crippen LogP contribution in [0.5, 0.6) is 0 Å². The SMILES string of the molecule is CN(C)c1cccc(/C=C2\CC(=O)N(CC(=O)O)C2=O)c1. The fourth-order valence-corrected chi connectivity index (χ4v) is 2.12. The summed E-state index contributed by atoms with van der Waals surface area (Å²) in [7, 11) is 3.82. The molecule has 6 nitrogen and oxygen atoms in total. The van der Waals surface area contributed by atoms with Gasteiger partial charge in [0.25, 0.3) is 5.91 Å². The van der Waals surface area contributed by atoms with Gasteiger partial charge in [-0.1, -0.05) is 12.1 Å². The van der Waals surface area contributed by atoms with E-state index in [1.54, 1.807) is 6.08 Å². The van der Waals surface area contributed by atoms with Gasteiger partial charge in [0.2, 0.25) is 5.91 Å². The Bertz CT molecular complexity index is 634. The van der Waals surface area contributed by atoms with Gasteiger partial charge < -0.3 is 10.0 Å². The lowest BCUT2D eigenvalue weighted by molar-refractivity contribution is -0.148. The highest BCUT2D eigenvalue weighted by atomic mass is 16.4. The smallest absolute Gasteiger partial charge is 0.323 e. The quantitative estimate of drug-likeness (QED) is 0.660. The van der Waals surface area contributed by atoms with E-state index in [-0.39, 0.29) is 6.42 Å². The van der Waals surface area contributed by atoms with Crippen LogP contribution >= 0.6 is 0 Å². The van der Waals surface area contributed by atoms with E-state index in [0.29, 0.717) is 5.57 Å². The average Bonchev–Trinajstić information content (AvgIpc) is 2.66. The highest BCUT2D eigenvalue weighted by Crippen LogP contribution is 2.23. The molecule has 21 heavy (non-hydrogen) atoms. The molecule has 2 rings (SSSR count). The molecule has 0 saturated carbocycles. The number of benzene rings is 1. The number of carbonyl (C=O) groups excluding carboxylic acids is 2. The molecule has 1 aromatic rings. The van der Waals surface area contributed by atoms with Crippen molar-refractivity contribution in [3.63, 3.8) is 0 Å². The zero-order valence-corrected chi connectivity index (χ0v) is 11.9. The van der Waals surface area contributed by atoms with Gasteiger partial charge in [-0.05, 0) is 23.8 Å². The molecule has 0 aliphatic carbocycles. The van der Waals surface area contributed by atoms with Crippen LogP contribution in [0, 0.1) is 0 Å². The Hall–Kier alpha value is -2.63. The van der Waals surface area contributed by atoms with Crippen LogP contribution in [-0.2, 0) is 14.4 Å². The first-order valence-corrected chi connectivity index (χ1v) is 6.43. The second-order valence-corrected chi connectivity index (χ2v) is 5.01. The molecule has 1 saturated heterocycles. The van der Waals surface area contributed by atoms with Gasteiger partial charge in [0.15, 0.2) is 0 Å². The van der Waals surface area contributed by atoms with Crippen molar-refractivity contribution in [3.05, 3.63) is 35.4 Å². The number of amides is 2. The normalized spacial score (nSPS) is 16.7. The van der Waals surface area contributed by atoms with Crippen molar-refractivity contribution < 1.29 is 19.5 Å². The molecule has 1 aromatic carbocycles. The zero-order chi connectivity index (χ0) is 15.6. The molecule has 2 amide bonds. The molecule has 1 aliphatic rings. The van der Waals surface area contributed by atoms with Crippen LogP contribution in [0.3, 0.4) is 0 Å². The largest absolute Gasteiger partial charge is 0.480 e. The highest BCUT2D eigenvalue weighted by Gasteiger charge is 2.34. The maximum Gasteiger partial charge on any atom is 0.323 e. The van der Waals surface area contributed by atoms with Crippen LogP contribution in [0.25, 0.3) is 6.08 Å². The van der Waals surface area contributed by atoms with Crippen molar-refractivity contribution in [3.8, 4) is 0 Å². The van der Waals surface area contributed by atoms with Crippen molar-refractivity contribution in [2.75, 3.05) is 25.5 Å². The summed E-state index contributed by atoms with van der Waals surface area (Å²) in [4.78, 5) is 37.1. The van der Waals surface area contributed by atoms with Gasteiger partial charge in [-0.25, -0.2) is 0 Å². The van der Waals surface area contributed by atoms with Gasteiger partial charge in [-0.2, -0.15) is 0 Å². The second kappa shape index (κ2) is 5.78. The van der Waals surface area contributed by atoms with Crippen molar-refractivity contribution in [2.24, 2.45) is 0 Å². The molecule has 0 bridgehead atoms. The van der Waals surface area contributed by atoms with Crippen LogP contribution < -0.4 is 4.90 Å². The number of imide groups is 1. The van der Waals surface area contributed by atoms with Gasteiger partial charge in [0.05, 0.1) is 6.42 Å². The lowest BCUT2D eigenvalue weighted by atomic mass is 10.1. The maximum absolute atomic E-state index is 12.0. The molecule has 1 N–H and O–H groups in total. The monoisotopic (exact) mass is 288 g/mol. The third-order valence-corrected chi connectivity index (χ3v) is 3.18. The predicted octanol–water partition coefficient (Wildman–Crippen LogP) is 0.979. The summed E-state index contributed by atoms with van der Waals surface area (Å²) in [5.41, 5.74) is 2.09. The third-order valence-electron chi connectivity index (χ3n) is 3.18. The first-order valence-electron chi connectivity index (χ1n) is 6.43. The zero-order valence-electron chi connectivity index (χ0n) is 11.9. The molecule has 0 atom stereocenters. The maximum atomic E-state index is 12.0. The van der Waals surface area contributed by atoms with Crippen molar-refractivity contribution >= 4 is 29.5 Å². The molecule has 1 aliphatic heterocycles. The predicted molar refractivity (Wildman–Crippen MR) is 77.7 cm³/mol. The first kappa shape index (κ1) is 14.8. The van der Waals surface area contributed by atoms with Gasteiger partial charge in [-0.3, -0.25) is 19.3 Å². The molecule has 0 aromatic heterocycles. The molecule has 0 radical (unpaired) electrons. The summed E-state index contributed by atoms with van der Waals surface area (Å²) in [5, 5.41) is 8.71. The number of nitrogens with zero attached hydrogens (tertiary/aromatic N) is 2. The van der Waals surface area contributed by atoms with Crippen LogP contribution in [0.4, 0.5) is 5.69 Å². The fourth-order valence-electron chi connectivity index (χ4n) is 2.12. The minimum Gasteiger partial charge on any atom is -0.480 e. The molecule has 1 heterocycles. The fraction of sp³-hybridized carbons (Fsp3) is 0.267. The topological polar surface area (TPSA) is 77.9 Å². The van der Waals surface area contributed by atoms with Crippen LogP contribution in [0.15, 0.2) is 29.8 Å². The molecule has 0 unspecified atom stereocenters. The lowest BCUT2D eigenvalue weighted by Crippen LogP contribution is -2.34. The van der Waals surface area contributed by atoms with E-state index in [4.69, 9.17) is 5.11 Å². The van der Waals surface area contributed by atoms with E-state index in [9.17, 15) is 14.4 Å². The standard InChI is InChI=1S/C15H16N2O4/c1-16(2)12-5-3-4-10(7-12)6-11-8-13(18)17(15(11)21)9-14(19)20/h3-7H,8-9H2,1-2H3,(H,19,20)/b11-6+. The Morgan fingerprint density at radius 2 is 2.10 bits per heavy atom. The summed E-state index contributed by atoms with van der Waals surface area (Å²) in [6.07, 6.45) is 1.58. The number of carbonyl (C=O) groups is 3. The number of aliphatic carboxylic acids is 1. The molecule has 6 heteroatoms. The van der Waals surface area contributed by atoms with Gasteiger partial charge in [-0.15, -0.1) is 0 Å². The number of rotatable bonds is 4. The van der Waals surface area contributed by atoms with E-state index < -0.39 is 24.3 Å². The Labute approximate surface area is 122 Å². The number of carboxylic acids is 1. The molecular formula is C15H16N2O4. The van der Waals surface area contributed by atoms with E-state index in [1.165, 1.54) is 0 Å². The number of hydrogen-bond donors (Lipinski definition) is 1. The van der Waals surface area contributed by atoms with E-state index in [0.717, 1.165) is 16.2 Å². The van der Waals surface area contributed by atoms with Crippen LogP contribution in [0.2, 0.25) is 0 Å². The van der Waals surface area contributed by atoms with Crippen LogP contribution in [-0.4, -0.2) is 48.4 Å². The summed E-state index contributed by atoms with van der Waals surface area (Å²) in [6, 6.07) is 7.51. The van der Waals surface area contributed by atoms with Crippen molar-refractivity contribution in [1.29, 1.82) is 0 Å². The average molecular weight is 288 g/mol. The number of carboxylic acid groups (broad SMARTS) is 1. The third kappa shape index (κ3) is 3.28. The first-order chi connectivity index (χ1) is 9.88. The minimum atomic E-state index is -1.20. The molecule has 1 fully saturated rings. The van der Waals surface area contributed by atoms with Gasteiger partial charge in [0.1, 0.15) is 6.54 Å². The van der Waals surface area contributed by atoms with Crippen molar-refractivity contribution in [1.82, 2.24) is 4.90 Å². The van der Waals surface area contributed by atoms with Crippen LogP contribution in [0.1, 0.15) is 12.0 Å². The summed E-state index contributed by atoms with van der Waals surface area (Å²) >= 11 is 0. The molecular weight excluding hydrogens is 272 g/mol. The lowest BCUT2D eigenvalue weighted by Gasteiger charge is -2.12. The summed E-state index contributed by atoms with van der Waals surface area (Å²) in [5.74, 6) is -2.21. The Kier molecular flexibility index (Phi) is 4.07. The molecule has 0 spiro atoms. The highest BCUT2D eigenvalue weighted by molar-refractivity contribution is 6.16. The van der Waals surface area contributed by atoms with E-state index in [2.05, 4.69) is 0 Å². The Morgan fingerprint density at radius 3 is 2.71 bits per heavy atom. The van der Waals surface area contributed by atoms with Gasteiger partial charge >= 0.3 is 5.97 Å². The van der Waals surface area contributed by atoms with Gasteiger partial charge in [0, 0.05) is 25.4 Å². The van der Waals surface area contributed by atoms with E-state index >= 15 is 0 Å². The number of anilines is 1. The second-order valence-electron chi connectivity index (χ2n) is 5.01. The Morgan fingerprint density at radius 1 is 1.38 bits per heavy atom. The van der Waals surface area contributed by atoms with E-state index in [1.807, 2.05) is 43.3 Å². The summed E-state index contributed by atoms with van der Waals surface area (Å²) < 4.78 is 0. The number of hydrogen-bond acceptors (Lipinski definition) is 4. The molecule has 110 valence electrons. The summed E-state index contributed by atoms with van der Waals surface area (Å²) in [6.45, 7) is -0.591. The Balaban J connectivity index is 2.26. The minimum absolute atomic E-state index is 0.0572. The number of likely N-dealkylation sites (tertiary alicyclic amines) is 1. The van der Waals surface area contributed by atoms with Crippen molar-refractivity contribution in [2.45, 2.75) is 6.42 Å².